The summed E-state index contributed by atoms with van der Waals surface area (Å²) < 4.78 is 16.0. The van der Waals surface area contributed by atoms with Gasteiger partial charge in [-0.25, -0.2) is 4.79 Å². The van der Waals surface area contributed by atoms with Crippen molar-refractivity contribution in [1.82, 2.24) is 0 Å². The first-order chi connectivity index (χ1) is 12.9. The Bertz CT molecular complexity index is 809. The molecule has 7 nitrogen and oxygen atoms in total. The van der Waals surface area contributed by atoms with Crippen molar-refractivity contribution in [1.29, 1.82) is 0 Å². The fourth-order valence-electron chi connectivity index (χ4n) is 3.84. The van der Waals surface area contributed by atoms with E-state index >= 15 is 0 Å². The quantitative estimate of drug-likeness (QED) is 0.601. The van der Waals surface area contributed by atoms with Crippen molar-refractivity contribution in [2.24, 2.45) is 11.8 Å². The highest BCUT2D eigenvalue weighted by Gasteiger charge is 2.33. The van der Waals surface area contributed by atoms with E-state index < -0.39 is 17.9 Å². The Hall–Kier alpha value is -2.54. The molecule has 7 heteroatoms. The number of cyclic esters (lactones) is 1. The van der Waals surface area contributed by atoms with Crippen LogP contribution in [0.5, 0.6) is 11.5 Å². The molecule has 0 aromatic heterocycles. The number of benzene rings is 1. The van der Waals surface area contributed by atoms with Gasteiger partial charge in [0.15, 0.2) is 0 Å². The SMILES string of the molecule is COc1c(C)c2c(c(O)c1C/C=C1\CCOCC1[C@H](C)C(=O)O)C(=O)OC2. The molecule has 2 atom stereocenters. The number of carbonyl (C=O) groups is 2. The molecule has 0 spiro atoms. The van der Waals surface area contributed by atoms with Crippen molar-refractivity contribution in [3.8, 4) is 11.5 Å². The number of phenolic OH excluding ortho intramolecular Hbond substituents is 1. The molecule has 0 aliphatic carbocycles. The molecule has 1 aromatic carbocycles. The van der Waals surface area contributed by atoms with Gasteiger partial charge in [-0.1, -0.05) is 18.6 Å². The highest BCUT2D eigenvalue weighted by atomic mass is 16.5. The van der Waals surface area contributed by atoms with Crippen molar-refractivity contribution < 1.29 is 34.0 Å². The van der Waals surface area contributed by atoms with Gasteiger partial charge in [-0.2, -0.15) is 0 Å². The van der Waals surface area contributed by atoms with Crippen LogP contribution in [-0.4, -0.2) is 42.5 Å². The lowest BCUT2D eigenvalue weighted by Gasteiger charge is -2.29. The number of hydrogen-bond acceptors (Lipinski definition) is 6. The Balaban J connectivity index is 1.99. The van der Waals surface area contributed by atoms with Crippen LogP contribution in [0.1, 0.15) is 40.4 Å². The number of phenols is 1. The summed E-state index contributed by atoms with van der Waals surface area (Å²) >= 11 is 0. The van der Waals surface area contributed by atoms with Gasteiger partial charge in [0, 0.05) is 17.0 Å². The van der Waals surface area contributed by atoms with Gasteiger partial charge in [-0.3, -0.25) is 4.79 Å². The summed E-state index contributed by atoms with van der Waals surface area (Å²) in [7, 11) is 1.52. The zero-order valence-corrected chi connectivity index (χ0v) is 15.7. The number of carbonyl (C=O) groups excluding carboxylic acids is 1. The van der Waals surface area contributed by atoms with E-state index in [1.54, 1.807) is 6.92 Å². The van der Waals surface area contributed by atoms with E-state index in [0.717, 1.165) is 11.1 Å². The number of aromatic hydroxyl groups is 1. The van der Waals surface area contributed by atoms with Crippen LogP contribution in [0.15, 0.2) is 11.6 Å². The highest BCUT2D eigenvalue weighted by Crippen LogP contribution is 2.42. The molecule has 2 N–H and O–H groups in total. The smallest absolute Gasteiger partial charge is 0.342 e. The fraction of sp³-hybridized carbons (Fsp3) is 0.500. The maximum absolute atomic E-state index is 12.0. The normalized spacial score (nSPS) is 21.7. The van der Waals surface area contributed by atoms with Crippen molar-refractivity contribution in [3.05, 3.63) is 33.9 Å². The highest BCUT2D eigenvalue weighted by molar-refractivity contribution is 5.98. The van der Waals surface area contributed by atoms with E-state index in [1.807, 2.05) is 13.0 Å². The number of hydrogen-bond donors (Lipinski definition) is 2. The van der Waals surface area contributed by atoms with Crippen LogP contribution in [-0.2, 0) is 27.3 Å². The van der Waals surface area contributed by atoms with Gasteiger partial charge in [0.05, 0.1) is 26.2 Å². The van der Waals surface area contributed by atoms with Crippen molar-refractivity contribution in [2.45, 2.75) is 33.3 Å². The molecule has 2 aliphatic heterocycles. The lowest BCUT2D eigenvalue weighted by Crippen LogP contribution is -2.30. The summed E-state index contributed by atoms with van der Waals surface area (Å²) in [4.78, 5) is 23.4. The van der Waals surface area contributed by atoms with Crippen LogP contribution in [0.4, 0.5) is 0 Å². The first-order valence-electron chi connectivity index (χ1n) is 8.94. The number of ether oxygens (including phenoxy) is 3. The molecular weight excluding hydrogens is 352 g/mol. The Morgan fingerprint density at radius 1 is 1.44 bits per heavy atom. The number of carboxylic acids is 1. The van der Waals surface area contributed by atoms with Crippen LogP contribution < -0.4 is 4.74 Å². The van der Waals surface area contributed by atoms with E-state index in [9.17, 15) is 19.8 Å². The van der Waals surface area contributed by atoms with Crippen LogP contribution in [0.25, 0.3) is 0 Å². The largest absolute Gasteiger partial charge is 0.507 e. The minimum Gasteiger partial charge on any atom is -0.507 e. The van der Waals surface area contributed by atoms with Crippen LogP contribution in [0.3, 0.4) is 0 Å². The van der Waals surface area contributed by atoms with Gasteiger partial charge in [0.1, 0.15) is 23.7 Å². The average molecular weight is 376 g/mol. The lowest BCUT2D eigenvalue weighted by atomic mass is 9.83. The third kappa shape index (κ3) is 3.39. The number of aliphatic carboxylic acids is 1. The predicted molar refractivity (Wildman–Crippen MR) is 96.0 cm³/mol. The third-order valence-corrected chi connectivity index (χ3v) is 5.52. The van der Waals surface area contributed by atoms with Gasteiger partial charge >= 0.3 is 11.9 Å². The maximum atomic E-state index is 12.0. The second-order valence-corrected chi connectivity index (χ2v) is 6.96. The first kappa shape index (κ1) is 19.2. The summed E-state index contributed by atoms with van der Waals surface area (Å²) in [5.74, 6) is -1.79. The maximum Gasteiger partial charge on any atom is 0.342 e. The summed E-state index contributed by atoms with van der Waals surface area (Å²) in [6.07, 6.45) is 2.89. The minimum absolute atomic E-state index is 0.123. The molecule has 1 saturated heterocycles. The van der Waals surface area contributed by atoms with E-state index in [1.165, 1.54) is 7.11 Å². The average Bonchev–Trinajstić information content (AvgIpc) is 3.05. The van der Waals surface area contributed by atoms with Gasteiger partial charge < -0.3 is 24.4 Å². The molecule has 146 valence electrons. The Morgan fingerprint density at radius 3 is 2.85 bits per heavy atom. The topological polar surface area (TPSA) is 102 Å². The summed E-state index contributed by atoms with van der Waals surface area (Å²) in [5.41, 5.74) is 3.11. The van der Waals surface area contributed by atoms with Crippen molar-refractivity contribution in [2.75, 3.05) is 20.3 Å². The number of allylic oxidation sites excluding steroid dienone is 1. The molecule has 0 amide bonds. The third-order valence-electron chi connectivity index (χ3n) is 5.52. The molecule has 1 aromatic rings. The Labute approximate surface area is 157 Å². The van der Waals surface area contributed by atoms with E-state index in [-0.39, 0.29) is 23.8 Å². The Morgan fingerprint density at radius 2 is 2.19 bits per heavy atom. The molecule has 2 heterocycles. The van der Waals surface area contributed by atoms with Crippen LogP contribution >= 0.6 is 0 Å². The van der Waals surface area contributed by atoms with Gasteiger partial charge in [-0.05, 0) is 25.3 Å². The van der Waals surface area contributed by atoms with Crippen LogP contribution in [0.2, 0.25) is 0 Å². The molecule has 3 rings (SSSR count). The number of esters is 1. The fourth-order valence-corrected chi connectivity index (χ4v) is 3.84. The summed E-state index contributed by atoms with van der Waals surface area (Å²) in [6.45, 7) is 4.52. The molecule has 0 saturated carbocycles. The molecule has 0 bridgehead atoms. The van der Waals surface area contributed by atoms with Crippen LogP contribution in [0, 0.1) is 18.8 Å². The van der Waals surface area contributed by atoms with E-state index in [2.05, 4.69) is 0 Å². The van der Waals surface area contributed by atoms with Crippen molar-refractivity contribution in [3.63, 3.8) is 0 Å². The first-order valence-corrected chi connectivity index (χ1v) is 8.94. The number of methoxy groups -OCH3 is 1. The second-order valence-electron chi connectivity index (χ2n) is 6.96. The Kier molecular flexibility index (Phi) is 5.41. The van der Waals surface area contributed by atoms with E-state index in [0.29, 0.717) is 42.9 Å². The molecule has 0 radical (unpaired) electrons. The second kappa shape index (κ2) is 7.60. The van der Waals surface area contributed by atoms with Gasteiger partial charge in [0.2, 0.25) is 0 Å². The minimum atomic E-state index is -0.868. The molecule has 27 heavy (non-hydrogen) atoms. The number of fused-ring (bicyclic) bond motifs is 1. The summed E-state index contributed by atoms with van der Waals surface area (Å²) in [5, 5.41) is 20.0. The van der Waals surface area contributed by atoms with Crippen molar-refractivity contribution >= 4 is 11.9 Å². The number of rotatable bonds is 5. The summed E-state index contributed by atoms with van der Waals surface area (Å²) in [6, 6.07) is 0. The lowest BCUT2D eigenvalue weighted by molar-refractivity contribution is -0.143. The van der Waals surface area contributed by atoms with Gasteiger partial charge in [0.25, 0.3) is 0 Å². The molecular formula is C20H24O7. The predicted octanol–water partition coefficient (Wildman–Crippen LogP) is 2.61. The number of carboxylic acid groups (broad SMARTS) is 1. The monoisotopic (exact) mass is 376 g/mol. The molecule has 2 aliphatic rings. The standard InChI is InChI=1S/C20H24O7/c1-10-15-9-27-20(24)16(15)17(21)13(18(10)25-3)5-4-12-6-7-26-8-14(12)11(2)19(22)23/h4,11,14,21H,5-9H2,1-3H3,(H,22,23)/b12-4+/t11-,14?/m0/s1. The molecule has 1 fully saturated rings. The zero-order chi connectivity index (χ0) is 19.7. The molecule has 1 unspecified atom stereocenters. The van der Waals surface area contributed by atoms with Gasteiger partial charge in [-0.15, -0.1) is 0 Å². The zero-order valence-electron chi connectivity index (χ0n) is 15.7. The van der Waals surface area contributed by atoms with E-state index in [4.69, 9.17) is 14.2 Å².